The maximum absolute atomic E-state index is 9.70. The molecule has 2 heteroatoms. The topological polar surface area (TPSA) is 32.6 Å². The van der Waals surface area contributed by atoms with Crippen molar-refractivity contribution in [1.29, 1.82) is 0 Å². The van der Waals surface area contributed by atoms with Crippen LogP contribution < -0.4 is 0 Å². The predicted molar refractivity (Wildman–Crippen MR) is 42.5 cm³/mol. The maximum atomic E-state index is 9.70. The summed E-state index contributed by atoms with van der Waals surface area (Å²) in [7, 11) is 1.76. The number of rotatable bonds is 0. The van der Waals surface area contributed by atoms with E-state index >= 15 is 0 Å². The van der Waals surface area contributed by atoms with Crippen molar-refractivity contribution < 1.29 is 5.11 Å². The van der Waals surface area contributed by atoms with E-state index in [4.69, 9.17) is 0 Å². The Hall–Kier alpha value is -0.370. The van der Waals surface area contributed by atoms with E-state index in [-0.39, 0.29) is 0 Å². The lowest BCUT2D eigenvalue weighted by atomic mass is 9.84. The lowest BCUT2D eigenvalue weighted by molar-refractivity contribution is 0.109. The van der Waals surface area contributed by atoms with Crippen molar-refractivity contribution in [2.45, 2.75) is 38.2 Å². The van der Waals surface area contributed by atoms with Gasteiger partial charge in [0.25, 0.3) is 0 Å². The average Bonchev–Trinajstić information content (AvgIpc) is 1.87. The smallest absolute Gasteiger partial charge is 0.0994 e. The van der Waals surface area contributed by atoms with E-state index in [1.807, 2.05) is 6.92 Å². The summed E-state index contributed by atoms with van der Waals surface area (Å²) in [5, 5.41) is 9.70. The summed E-state index contributed by atoms with van der Waals surface area (Å²) in [4.78, 5) is 4.07. The van der Waals surface area contributed by atoms with E-state index in [0.717, 1.165) is 25.0 Å². The first-order chi connectivity index (χ1) is 4.67. The van der Waals surface area contributed by atoms with Crippen LogP contribution in [0.1, 0.15) is 32.6 Å². The van der Waals surface area contributed by atoms with Gasteiger partial charge in [0.1, 0.15) is 0 Å². The largest absolute Gasteiger partial charge is 0.384 e. The molecule has 0 heterocycles. The summed E-state index contributed by atoms with van der Waals surface area (Å²) >= 11 is 0. The third kappa shape index (κ3) is 1.37. The normalized spacial score (nSPS) is 38.5. The van der Waals surface area contributed by atoms with Crippen molar-refractivity contribution in [2.24, 2.45) is 4.99 Å². The quantitative estimate of drug-likeness (QED) is 0.543. The van der Waals surface area contributed by atoms with Crippen LogP contribution in [0.4, 0.5) is 0 Å². The van der Waals surface area contributed by atoms with Gasteiger partial charge in [0.15, 0.2) is 0 Å². The summed E-state index contributed by atoms with van der Waals surface area (Å²) < 4.78 is 0. The van der Waals surface area contributed by atoms with Gasteiger partial charge in [-0.1, -0.05) is 0 Å². The van der Waals surface area contributed by atoms with Crippen LogP contribution in [0.5, 0.6) is 0 Å². The Bertz CT molecular complexity index is 149. The van der Waals surface area contributed by atoms with E-state index in [9.17, 15) is 5.11 Å². The van der Waals surface area contributed by atoms with Crippen molar-refractivity contribution >= 4 is 5.71 Å². The zero-order valence-corrected chi connectivity index (χ0v) is 6.72. The molecule has 0 radical (unpaired) electrons. The molecule has 0 saturated heterocycles. The van der Waals surface area contributed by atoms with Crippen LogP contribution in [0.15, 0.2) is 4.99 Å². The Labute approximate surface area is 62.0 Å². The molecule has 1 rings (SSSR count). The van der Waals surface area contributed by atoms with Gasteiger partial charge in [-0.25, -0.2) is 0 Å². The molecule has 0 unspecified atom stereocenters. The molecule has 0 spiro atoms. The molecule has 1 saturated carbocycles. The molecule has 0 aromatic rings. The minimum Gasteiger partial charge on any atom is -0.384 e. The number of aliphatic imine (C=N–C) groups is 1. The Morgan fingerprint density at radius 3 is 2.60 bits per heavy atom. The van der Waals surface area contributed by atoms with E-state index < -0.39 is 5.60 Å². The van der Waals surface area contributed by atoms with Gasteiger partial charge in [0.2, 0.25) is 0 Å². The molecule has 2 nitrogen and oxygen atoms in total. The molecule has 0 bridgehead atoms. The number of nitrogens with zero attached hydrogens (tertiary/aromatic N) is 1. The van der Waals surface area contributed by atoms with Crippen LogP contribution in [0, 0.1) is 0 Å². The standard InChI is InChI=1S/C8H15NO/c1-8(10)6-4-3-5-7(8)9-2/h10H,3-6H2,1-2H3/t8-/m0/s1. The molecule has 1 N–H and O–H groups in total. The second kappa shape index (κ2) is 2.70. The van der Waals surface area contributed by atoms with Gasteiger partial charge in [-0.3, -0.25) is 4.99 Å². The molecule has 0 aromatic heterocycles. The molecule has 0 aliphatic heterocycles. The Morgan fingerprint density at radius 1 is 1.50 bits per heavy atom. The van der Waals surface area contributed by atoms with Crippen molar-refractivity contribution in [3.8, 4) is 0 Å². The first-order valence-electron chi connectivity index (χ1n) is 3.85. The molecule has 1 aliphatic carbocycles. The van der Waals surface area contributed by atoms with Crippen molar-refractivity contribution in [2.75, 3.05) is 7.05 Å². The molecule has 1 aliphatic rings. The van der Waals surface area contributed by atoms with E-state index in [0.29, 0.717) is 0 Å². The summed E-state index contributed by atoms with van der Waals surface area (Å²) in [5.74, 6) is 0. The van der Waals surface area contributed by atoms with Gasteiger partial charge in [0, 0.05) is 12.8 Å². The molecule has 10 heavy (non-hydrogen) atoms. The van der Waals surface area contributed by atoms with Crippen LogP contribution in [-0.4, -0.2) is 23.5 Å². The minimum absolute atomic E-state index is 0.604. The monoisotopic (exact) mass is 141 g/mol. The fourth-order valence-electron chi connectivity index (χ4n) is 1.53. The summed E-state index contributed by atoms with van der Waals surface area (Å²) in [6, 6.07) is 0. The third-order valence-corrected chi connectivity index (χ3v) is 2.22. The highest BCUT2D eigenvalue weighted by Gasteiger charge is 2.29. The SMILES string of the molecule is CN=C1CCCC[C@]1(C)O. The molecular weight excluding hydrogens is 126 g/mol. The number of aliphatic hydroxyl groups is 1. The molecular formula is C8H15NO. The molecule has 0 aromatic carbocycles. The zero-order chi connectivity index (χ0) is 7.61. The van der Waals surface area contributed by atoms with Crippen LogP contribution in [0.25, 0.3) is 0 Å². The van der Waals surface area contributed by atoms with Gasteiger partial charge in [-0.05, 0) is 32.6 Å². The fourth-order valence-corrected chi connectivity index (χ4v) is 1.53. The second-order valence-corrected chi connectivity index (χ2v) is 3.15. The van der Waals surface area contributed by atoms with Gasteiger partial charge in [0.05, 0.1) is 5.60 Å². The summed E-state index contributed by atoms with van der Waals surface area (Å²) in [5.41, 5.74) is 0.367. The van der Waals surface area contributed by atoms with Crippen molar-refractivity contribution in [3.05, 3.63) is 0 Å². The first-order valence-corrected chi connectivity index (χ1v) is 3.85. The highest BCUT2D eigenvalue weighted by molar-refractivity contribution is 5.92. The van der Waals surface area contributed by atoms with Gasteiger partial charge >= 0.3 is 0 Å². The Kier molecular flexibility index (Phi) is 2.09. The van der Waals surface area contributed by atoms with Gasteiger partial charge < -0.3 is 5.11 Å². The lowest BCUT2D eigenvalue weighted by Gasteiger charge is -2.29. The number of hydrogen-bond acceptors (Lipinski definition) is 2. The van der Waals surface area contributed by atoms with E-state index in [2.05, 4.69) is 4.99 Å². The van der Waals surface area contributed by atoms with E-state index in [1.165, 1.54) is 6.42 Å². The molecule has 0 amide bonds. The van der Waals surface area contributed by atoms with Crippen LogP contribution in [0.3, 0.4) is 0 Å². The molecule has 58 valence electrons. The lowest BCUT2D eigenvalue weighted by Crippen LogP contribution is -2.37. The zero-order valence-electron chi connectivity index (χ0n) is 6.72. The van der Waals surface area contributed by atoms with Crippen molar-refractivity contribution in [3.63, 3.8) is 0 Å². The van der Waals surface area contributed by atoms with Gasteiger partial charge in [-0.15, -0.1) is 0 Å². The first kappa shape index (κ1) is 7.73. The fraction of sp³-hybridized carbons (Fsp3) is 0.875. The van der Waals surface area contributed by atoms with E-state index in [1.54, 1.807) is 7.05 Å². The average molecular weight is 141 g/mol. The van der Waals surface area contributed by atoms with Crippen LogP contribution in [0.2, 0.25) is 0 Å². The maximum Gasteiger partial charge on any atom is 0.0994 e. The highest BCUT2D eigenvalue weighted by atomic mass is 16.3. The number of hydrogen-bond donors (Lipinski definition) is 1. The third-order valence-electron chi connectivity index (χ3n) is 2.22. The Balaban J connectivity index is 2.70. The van der Waals surface area contributed by atoms with Gasteiger partial charge in [-0.2, -0.15) is 0 Å². The second-order valence-electron chi connectivity index (χ2n) is 3.15. The van der Waals surface area contributed by atoms with Crippen LogP contribution in [-0.2, 0) is 0 Å². The van der Waals surface area contributed by atoms with Crippen molar-refractivity contribution in [1.82, 2.24) is 0 Å². The highest BCUT2D eigenvalue weighted by Crippen LogP contribution is 2.24. The Morgan fingerprint density at radius 2 is 2.20 bits per heavy atom. The predicted octanol–water partition coefficient (Wildman–Crippen LogP) is 1.38. The molecule has 1 atom stereocenters. The summed E-state index contributed by atoms with van der Waals surface area (Å²) in [6.07, 6.45) is 4.16. The minimum atomic E-state index is -0.604. The molecule has 1 fully saturated rings. The van der Waals surface area contributed by atoms with Crippen LogP contribution >= 0.6 is 0 Å². The summed E-state index contributed by atoms with van der Waals surface area (Å²) in [6.45, 7) is 1.86.